The molecule has 0 aliphatic heterocycles. The molecule has 0 aliphatic carbocycles. The highest BCUT2D eigenvalue weighted by molar-refractivity contribution is 7.98. The molecule has 0 aromatic rings. The summed E-state index contributed by atoms with van der Waals surface area (Å²) in [6.45, 7) is 8.93. The Hall–Kier alpha value is 0.310. The number of hydrogen-bond donors (Lipinski definition) is 0. The molecule has 0 unspecified atom stereocenters. The van der Waals surface area contributed by atoms with Gasteiger partial charge in [-0.1, -0.05) is 91.4 Å². The van der Waals surface area contributed by atoms with Crippen molar-refractivity contribution >= 4 is 11.8 Å². The van der Waals surface area contributed by atoms with Crippen LogP contribution in [-0.2, 0) is 4.74 Å². The van der Waals surface area contributed by atoms with Gasteiger partial charge in [-0.2, -0.15) is 11.8 Å². The van der Waals surface area contributed by atoms with Gasteiger partial charge in [0.15, 0.2) is 0 Å². The van der Waals surface area contributed by atoms with E-state index in [2.05, 4.69) is 27.0 Å². The fraction of sp³-hybridized carbons (Fsp3) is 1.00. The van der Waals surface area contributed by atoms with Gasteiger partial charge in [0, 0.05) is 13.2 Å². The van der Waals surface area contributed by atoms with Crippen molar-refractivity contribution in [1.29, 1.82) is 0 Å². The summed E-state index contributed by atoms with van der Waals surface area (Å²) in [7, 11) is 0. The number of ether oxygens (including phenoxy) is 1. The van der Waals surface area contributed by atoms with E-state index in [0.29, 0.717) is 5.41 Å². The highest BCUT2D eigenvalue weighted by Crippen LogP contribution is 2.26. The minimum atomic E-state index is 0.462. The van der Waals surface area contributed by atoms with E-state index in [1.807, 2.05) is 11.8 Å². The lowest BCUT2D eigenvalue weighted by molar-refractivity contribution is 0.0977. The molecule has 0 amide bonds. The SMILES string of the molecule is CCCC(C)(C)CCOCCCCCCCCCCCCCCSC. The zero-order chi connectivity index (χ0) is 18.6. The van der Waals surface area contributed by atoms with Gasteiger partial charge >= 0.3 is 0 Å². The maximum absolute atomic E-state index is 5.82. The van der Waals surface area contributed by atoms with Crippen LogP contribution in [0.15, 0.2) is 0 Å². The molecule has 0 rings (SSSR count). The second-order valence-electron chi connectivity index (χ2n) is 8.51. The Morgan fingerprint density at radius 3 is 1.60 bits per heavy atom. The highest BCUT2D eigenvalue weighted by Gasteiger charge is 2.15. The minimum absolute atomic E-state index is 0.462. The van der Waals surface area contributed by atoms with Gasteiger partial charge in [-0.05, 0) is 43.1 Å². The Kier molecular flexibility index (Phi) is 19.3. The Morgan fingerprint density at radius 1 is 0.640 bits per heavy atom. The lowest BCUT2D eigenvalue weighted by atomic mass is 9.85. The molecule has 0 saturated heterocycles. The van der Waals surface area contributed by atoms with Crippen LogP contribution in [0.3, 0.4) is 0 Å². The van der Waals surface area contributed by atoms with Crippen LogP contribution < -0.4 is 0 Å². The fourth-order valence-corrected chi connectivity index (χ4v) is 3.96. The van der Waals surface area contributed by atoms with E-state index in [1.165, 1.54) is 102 Å². The zero-order valence-electron chi connectivity index (χ0n) is 18.0. The van der Waals surface area contributed by atoms with E-state index >= 15 is 0 Å². The standard InChI is InChI=1S/C23H48OS/c1-5-18-23(2,3)19-21-24-20-16-14-12-10-8-6-7-9-11-13-15-17-22-25-4/h5-22H2,1-4H3. The summed E-state index contributed by atoms with van der Waals surface area (Å²) in [6, 6.07) is 0. The monoisotopic (exact) mass is 372 g/mol. The van der Waals surface area contributed by atoms with Crippen LogP contribution in [0.2, 0.25) is 0 Å². The molecule has 0 heterocycles. The van der Waals surface area contributed by atoms with Crippen LogP contribution in [0, 0.1) is 5.41 Å². The lowest BCUT2D eigenvalue weighted by Crippen LogP contribution is -2.14. The van der Waals surface area contributed by atoms with Crippen LogP contribution >= 0.6 is 11.8 Å². The number of hydrogen-bond acceptors (Lipinski definition) is 2. The first-order valence-electron chi connectivity index (χ1n) is 11.2. The van der Waals surface area contributed by atoms with Crippen molar-refractivity contribution in [2.75, 3.05) is 25.2 Å². The molecule has 0 fully saturated rings. The molecule has 2 heteroatoms. The van der Waals surface area contributed by atoms with Crippen molar-refractivity contribution < 1.29 is 4.74 Å². The normalized spacial score (nSPS) is 12.0. The molecule has 0 bridgehead atoms. The van der Waals surface area contributed by atoms with Crippen molar-refractivity contribution in [2.24, 2.45) is 5.41 Å². The third-order valence-corrected chi connectivity index (χ3v) is 5.93. The summed E-state index contributed by atoms with van der Waals surface area (Å²) in [5, 5.41) is 0. The Balaban J connectivity index is 3.10. The van der Waals surface area contributed by atoms with Crippen LogP contribution in [0.4, 0.5) is 0 Å². The minimum Gasteiger partial charge on any atom is -0.381 e. The lowest BCUT2D eigenvalue weighted by Gasteiger charge is -2.23. The number of thioether (sulfide) groups is 1. The summed E-state index contributed by atoms with van der Waals surface area (Å²) in [5.41, 5.74) is 0.462. The second-order valence-corrected chi connectivity index (χ2v) is 9.50. The van der Waals surface area contributed by atoms with Crippen LogP contribution in [-0.4, -0.2) is 25.2 Å². The molecule has 0 radical (unpaired) electrons. The molecule has 0 saturated carbocycles. The van der Waals surface area contributed by atoms with Crippen molar-refractivity contribution in [2.45, 2.75) is 117 Å². The van der Waals surface area contributed by atoms with Gasteiger partial charge < -0.3 is 4.74 Å². The predicted octanol–water partition coefficient (Wildman–Crippen LogP) is 8.26. The number of rotatable bonds is 20. The summed E-state index contributed by atoms with van der Waals surface area (Å²) in [4.78, 5) is 0. The Bertz CT molecular complexity index is 252. The van der Waals surface area contributed by atoms with E-state index in [1.54, 1.807) is 0 Å². The van der Waals surface area contributed by atoms with Gasteiger partial charge in [0.2, 0.25) is 0 Å². The fourth-order valence-electron chi connectivity index (χ4n) is 3.47. The van der Waals surface area contributed by atoms with Gasteiger partial charge in [0.1, 0.15) is 0 Å². The second kappa shape index (κ2) is 19.1. The van der Waals surface area contributed by atoms with Crippen molar-refractivity contribution in [1.82, 2.24) is 0 Å². The Labute approximate surface area is 164 Å². The number of unbranched alkanes of at least 4 members (excludes halogenated alkanes) is 11. The van der Waals surface area contributed by atoms with Crippen LogP contribution in [0.25, 0.3) is 0 Å². The third-order valence-electron chi connectivity index (χ3n) is 5.24. The van der Waals surface area contributed by atoms with E-state index in [4.69, 9.17) is 4.74 Å². The summed E-state index contributed by atoms with van der Waals surface area (Å²) in [6.07, 6.45) is 23.0. The van der Waals surface area contributed by atoms with Gasteiger partial charge in [0.25, 0.3) is 0 Å². The molecule has 0 spiro atoms. The van der Waals surface area contributed by atoms with E-state index in [9.17, 15) is 0 Å². The quantitative estimate of drug-likeness (QED) is 0.199. The first kappa shape index (κ1) is 25.3. The van der Waals surface area contributed by atoms with Gasteiger partial charge in [-0.15, -0.1) is 0 Å². The van der Waals surface area contributed by atoms with Crippen molar-refractivity contribution in [3.63, 3.8) is 0 Å². The molecule has 1 nitrogen and oxygen atoms in total. The maximum Gasteiger partial charge on any atom is 0.0471 e. The van der Waals surface area contributed by atoms with E-state index < -0.39 is 0 Å². The molecule has 0 aliphatic rings. The van der Waals surface area contributed by atoms with Gasteiger partial charge in [-0.25, -0.2) is 0 Å². The van der Waals surface area contributed by atoms with Crippen molar-refractivity contribution in [3.8, 4) is 0 Å². The van der Waals surface area contributed by atoms with Gasteiger partial charge in [0.05, 0.1) is 0 Å². The van der Waals surface area contributed by atoms with Crippen LogP contribution in [0.1, 0.15) is 117 Å². The molecular weight excluding hydrogens is 324 g/mol. The smallest absolute Gasteiger partial charge is 0.0471 e. The summed E-state index contributed by atoms with van der Waals surface area (Å²) < 4.78 is 5.82. The third kappa shape index (κ3) is 20.5. The van der Waals surface area contributed by atoms with E-state index in [-0.39, 0.29) is 0 Å². The average molecular weight is 373 g/mol. The molecule has 0 N–H and O–H groups in total. The zero-order valence-corrected chi connectivity index (χ0v) is 18.9. The van der Waals surface area contributed by atoms with Gasteiger partial charge in [-0.3, -0.25) is 0 Å². The largest absolute Gasteiger partial charge is 0.381 e. The molecular formula is C23H48OS. The average Bonchev–Trinajstić information content (AvgIpc) is 2.57. The highest BCUT2D eigenvalue weighted by atomic mass is 32.2. The molecule has 25 heavy (non-hydrogen) atoms. The first-order chi connectivity index (χ1) is 12.1. The molecule has 0 aromatic carbocycles. The van der Waals surface area contributed by atoms with Crippen molar-refractivity contribution in [3.05, 3.63) is 0 Å². The molecule has 0 aromatic heterocycles. The maximum atomic E-state index is 5.82. The Morgan fingerprint density at radius 2 is 1.12 bits per heavy atom. The van der Waals surface area contributed by atoms with Crippen LogP contribution in [0.5, 0.6) is 0 Å². The topological polar surface area (TPSA) is 9.23 Å². The molecule has 0 atom stereocenters. The summed E-state index contributed by atoms with van der Waals surface area (Å²) in [5.74, 6) is 1.35. The first-order valence-corrected chi connectivity index (χ1v) is 12.6. The predicted molar refractivity (Wildman–Crippen MR) is 118 cm³/mol. The van der Waals surface area contributed by atoms with E-state index in [0.717, 1.165) is 13.2 Å². The summed E-state index contributed by atoms with van der Waals surface area (Å²) >= 11 is 1.98. The molecule has 152 valence electrons.